The number of likely N-dealkylation sites (N-methyl/N-ethyl adjacent to an activating group) is 1. The van der Waals surface area contributed by atoms with Gasteiger partial charge in [-0.15, -0.1) is 12.4 Å². The zero-order valence-electron chi connectivity index (χ0n) is 18.1. The topological polar surface area (TPSA) is 54.9 Å². The first kappa shape index (κ1) is 23.3. The highest BCUT2D eigenvalue weighted by molar-refractivity contribution is 7.22. The van der Waals surface area contributed by atoms with Crippen molar-refractivity contribution in [3.05, 3.63) is 47.5 Å². The highest BCUT2D eigenvalue weighted by Crippen LogP contribution is 2.34. The maximum Gasteiger partial charge on any atom is 0.233 e. The van der Waals surface area contributed by atoms with E-state index >= 15 is 0 Å². The number of carbonyl (C=O) groups excluding carboxylic acids is 1. The third-order valence-corrected chi connectivity index (χ3v) is 6.51. The molecule has 2 heterocycles. The molecule has 3 aromatic rings. The summed E-state index contributed by atoms with van der Waals surface area (Å²) in [6.07, 6.45) is 0.295. The van der Waals surface area contributed by atoms with Crippen molar-refractivity contribution in [2.45, 2.75) is 27.2 Å². The van der Waals surface area contributed by atoms with E-state index in [1.165, 1.54) is 0 Å². The molecule has 0 bridgehead atoms. The van der Waals surface area contributed by atoms with Gasteiger partial charge in [-0.05, 0) is 49.3 Å². The second-order valence-corrected chi connectivity index (χ2v) is 8.36. The van der Waals surface area contributed by atoms with E-state index in [2.05, 4.69) is 37.8 Å². The average molecular weight is 462 g/mol. The van der Waals surface area contributed by atoms with Crippen LogP contribution in [0.3, 0.4) is 0 Å². The molecule has 0 spiro atoms. The van der Waals surface area contributed by atoms with E-state index in [-0.39, 0.29) is 25.1 Å². The van der Waals surface area contributed by atoms with Gasteiger partial charge in [0.05, 0.1) is 16.6 Å². The van der Waals surface area contributed by atoms with Crippen LogP contribution in [-0.2, 0) is 11.2 Å². The van der Waals surface area contributed by atoms with Crippen molar-refractivity contribution < 1.29 is 14.3 Å². The molecule has 0 unspecified atom stereocenters. The minimum Gasteiger partial charge on any atom is -0.454 e. The molecule has 166 valence electrons. The van der Waals surface area contributed by atoms with Crippen LogP contribution in [0, 0.1) is 6.92 Å². The second-order valence-electron chi connectivity index (χ2n) is 7.35. The molecule has 8 heteroatoms. The number of rotatable bonds is 8. The summed E-state index contributed by atoms with van der Waals surface area (Å²) in [5, 5.41) is 0.761. The number of thiazole rings is 1. The number of anilines is 1. The first-order valence-corrected chi connectivity index (χ1v) is 11.2. The zero-order chi connectivity index (χ0) is 21.1. The first-order chi connectivity index (χ1) is 14.6. The Morgan fingerprint density at radius 1 is 1.10 bits per heavy atom. The number of hydrogen-bond acceptors (Lipinski definition) is 6. The van der Waals surface area contributed by atoms with Gasteiger partial charge in [0.2, 0.25) is 12.7 Å². The highest BCUT2D eigenvalue weighted by Gasteiger charge is 2.22. The molecule has 31 heavy (non-hydrogen) atoms. The number of amides is 1. The average Bonchev–Trinajstić information content (AvgIpc) is 3.38. The van der Waals surface area contributed by atoms with Gasteiger partial charge in [0, 0.05) is 13.1 Å². The van der Waals surface area contributed by atoms with Gasteiger partial charge in [0.1, 0.15) is 0 Å². The Morgan fingerprint density at radius 2 is 1.87 bits per heavy atom. The van der Waals surface area contributed by atoms with E-state index in [4.69, 9.17) is 14.5 Å². The molecular weight excluding hydrogens is 434 g/mol. The van der Waals surface area contributed by atoms with E-state index in [0.717, 1.165) is 51.9 Å². The highest BCUT2D eigenvalue weighted by atomic mass is 35.5. The molecule has 1 aliphatic rings. The normalized spacial score (nSPS) is 12.3. The van der Waals surface area contributed by atoms with E-state index < -0.39 is 0 Å². The van der Waals surface area contributed by atoms with Gasteiger partial charge in [0.25, 0.3) is 0 Å². The molecule has 1 aliphatic heterocycles. The smallest absolute Gasteiger partial charge is 0.233 e. The number of carbonyl (C=O) groups is 1. The molecule has 0 saturated carbocycles. The van der Waals surface area contributed by atoms with E-state index in [9.17, 15) is 4.79 Å². The fourth-order valence-electron chi connectivity index (χ4n) is 3.62. The van der Waals surface area contributed by atoms with Crippen LogP contribution in [0.5, 0.6) is 11.5 Å². The second kappa shape index (κ2) is 10.3. The van der Waals surface area contributed by atoms with Crippen LogP contribution < -0.4 is 14.4 Å². The number of halogens is 1. The fraction of sp³-hybridized carbons (Fsp3) is 0.391. The molecule has 2 aromatic carbocycles. The van der Waals surface area contributed by atoms with Crippen LogP contribution in [0.15, 0.2) is 36.4 Å². The Morgan fingerprint density at radius 3 is 2.61 bits per heavy atom. The Balaban J connectivity index is 0.00000272. The monoisotopic (exact) mass is 461 g/mol. The van der Waals surface area contributed by atoms with Crippen LogP contribution in [-0.4, -0.2) is 48.8 Å². The number of fused-ring (bicyclic) bond motifs is 2. The standard InChI is InChI=1S/C23H27N3O3S.ClH/c1-4-25(5-2)11-12-26(23-24-22-16(3)7-6-8-20(22)30-23)21(27)14-17-9-10-18-19(13-17)29-15-28-18;/h6-10,13H,4-5,11-12,14-15H2,1-3H3;1H. The predicted octanol–water partition coefficient (Wildman–Crippen LogP) is 4.67. The van der Waals surface area contributed by atoms with Gasteiger partial charge in [-0.25, -0.2) is 4.98 Å². The Labute approximate surface area is 193 Å². The predicted molar refractivity (Wildman–Crippen MR) is 128 cm³/mol. The number of nitrogens with zero attached hydrogens (tertiary/aromatic N) is 3. The minimum atomic E-state index is 0. The molecule has 6 nitrogen and oxygen atoms in total. The van der Waals surface area contributed by atoms with Crippen molar-refractivity contribution in [2.75, 3.05) is 37.9 Å². The molecule has 0 radical (unpaired) electrons. The number of benzene rings is 2. The van der Waals surface area contributed by atoms with E-state index in [0.29, 0.717) is 18.7 Å². The third-order valence-electron chi connectivity index (χ3n) is 5.47. The molecule has 0 aliphatic carbocycles. The molecule has 4 rings (SSSR count). The van der Waals surface area contributed by atoms with E-state index in [1.54, 1.807) is 11.3 Å². The number of para-hydroxylation sites is 1. The lowest BCUT2D eigenvalue weighted by atomic mass is 10.1. The number of aromatic nitrogens is 1. The molecule has 1 aromatic heterocycles. The lowest BCUT2D eigenvalue weighted by molar-refractivity contribution is -0.118. The van der Waals surface area contributed by atoms with Crippen LogP contribution >= 0.6 is 23.7 Å². The van der Waals surface area contributed by atoms with Crippen molar-refractivity contribution in [1.29, 1.82) is 0 Å². The Bertz CT molecular complexity index is 1050. The third kappa shape index (κ3) is 5.11. The summed E-state index contributed by atoms with van der Waals surface area (Å²) in [5.74, 6) is 1.47. The number of ether oxygens (including phenoxy) is 2. The van der Waals surface area contributed by atoms with Crippen molar-refractivity contribution >= 4 is 45.0 Å². The summed E-state index contributed by atoms with van der Waals surface area (Å²) in [7, 11) is 0. The SMILES string of the molecule is CCN(CC)CCN(C(=O)Cc1ccc2c(c1)OCO2)c1nc2c(C)cccc2s1.Cl. The van der Waals surface area contributed by atoms with Crippen LogP contribution in [0.1, 0.15) is 25.0 Å². The van der Waals surface area contributed by atoms with Crippen molar-refractivity contribution in [2.24, 2.45) is 0 Å². The van der Waals surface area contributed by atoms with Gasteiger partial charge in [-0.1, -0.05) is 43.4 Å². The quantitative estimate of drug-likeness (QED) is 0.487. The summed E-state index contributed by atoms with van der Waals surface area (Å²) in [6, 6.07) is 11.8. The summed E-state index contributed by atoms with van der Waals surface area (Å²) >= 11 is 1.58. The minimum absolute atomic E-state index is 0. The van der Waals surface area contributed by atoms with Crippen LogP contribution in [0.25, 0.3) is 10.2 Å². The van der Waals surface area contributed by atoms with Crippen molar-refractivity contribution in [3.63, 3.8) is 0 Å². The maximum atomic E-state index is 13.4. The summed E-state index contributed by atoms with van der Waals surface area (Å²) in [4.78, 5) is 22.3. The van der Waals surface area contributed by atoms with Gasteiger partial charge >= 0.3 is 0 Å². The Kier molecular flexibility index (Phi) is 7.75. The number of hydrogen-bond donors (Lipinski definition) is 0. The fourth-order valence-corrected chi connectivity index (χ4v) is 4.71. The molecule has 0 saturated heterocycles. The summed E-state index contributed by atoms with van der Waals surface area (Å²) in [6.45, 7) is 9.92. The van der Waals surface area contributed by atoms with Crippen molar-refractivity contribution in [3.8, 4) is 11.5 Å². The van der Waals surface area contributed by atoms with Gasteiger partial charge in [0.15, 0.2) is 16.6 Å². The summed E-state index contributed by atoms with van der Waals surface area (Å²) < 4.78 is 11.9. The first-order valence-electron chi connectivity index (χ1n) is 10.4. The largest absolute Gasteiger partial charge is 0.454 e. The number of aryl methyl sites for hydroxylation is 1. The summed E-state index contributed by atoms with van der Waals surface area (Å²) in [5.41, 5.74) is 3.01. The van der Waals surface area contributed by atoms with Crippen LogP contribution in [0.2, 0.25) is 0 Å². The molecular formula is C23H28ClN3O3S. The van der Waals surface area contributed by atoms with E-state index in [1.807, 2.05) is 29.2 Å². The lowest BCUT2D eigenvalue weighted by Gasteiger charge is -2.24. The maximum absolute atomic E-state index is 13.4. The molecule has 0 fully saturated rings. The lowest BCUT2D eigenvalue weighted by Crippen LogP contribution is -2.39. The Hall–Kier alpha value is -2.35. The zero-order valence-corrected chi connectivity index (χ0v) is 19.7. The molecule has 0 atom stereocenters. The van der Waals surface area contributed by atoms with Crippen molar-refractivity contribution in [1.82, 2.24) is 9.88 Å². The van der Waals surface area contributed by atoms with Gasteiger partial charge < -0.3 is 14.4 Å². The van der Waals surface area contributed by atoms with Gasteiger partial charge in [-0.2, -0.15) is 0 Å². The molecule has 0 N–H and O–H groups in total. The van der Waals surface area contributed by atoms with Crippen LogP contribution in [0.4, 0.5) is 5.13 Å². The van der Waals surface area contributed by atoms with Gasteiger partial charge in [-0.3, -0.25) is 9.69 Å². The molecule has 1 amide bonds.